The number of carbonyl (C=O) groups is 1. The average molecular weight is 182 g/mol. The van der Waals surface area contributed by atoms with Crippen molar-refractivity contribution in [2.45, 2.75) is 31.8 Å². The SMILES string of the molecule is CCCC1(O)C=CC(C(=O)O)=CC1. The maximum Gasteiger partial charge on any atom is 0.335 e. The molecule has 0 aromatic rings. The van der Waals surface area contributed by atoms with Crippen molar-refractivity contribution in [3.63, 3.8) is 0 Å². The maximum absolute atomic E-state index is 10.5. The Morgan fingerprint density at radius 2 is 2.38 bits per heavy atom. The van der Waals surface area contributed by atoms with Gasteiger partial charge in [-0.25, -0.2) is 4.79 Å². The van der Waals surface area contributed by atoms with Gasteiger partial charge in [0.15, 0.2) is 0 Å². The highest BCUT2D eigenvalue weighted by atomic mass is 16.4. The van der Waals surface area contributed by atoms with E-state index in [9.17, 15) is 9.90 Å². The smallest absolute Gasteiger partial charge is 0.335 e. The summed E-state index contributed by atoms with van der Waals surface area (Å²) >= 11 is 0. The van der Waals surface area contributed by atoms with Crippen molar-refractivity contribution >= 4 is 5.97 Å². The Hall–Kier alpha value is -1.09. The summed E-state index contributed by atoms with van der Waals surface area (Å²) in [5.41, 5.74) is -0.561. The van der Waals surface area contributed by atoms with Gasteiger partial charge < -0.3 is 10.2 Å². The Kier molecular flexibility index (Phi) is 2.88. The lowest BCUT2D eigenvalue weighted by molar-refractivity contribution is -0.132. The van der Waals surface area contributed by atoms with Crippen LogP contribution in [-0.4, -0.2) is 21.8 Å². The van der Waals surface area contributed by atoms with Crippen molar-refractivity contribution in [2.75, 3.05) is 0 Å². The lowest BCUT2D eigenvalue weighted by atomic mass is 9.88. The number of carboxylic acids is 1. The molecule has 0 heterocycles. The van der Waals surface area contributed by atoms with Crippen LogP contribution in [-0.2, 0) is 4.79 Å². The third-order valence-corrected chi connectivity index (χ3v) is 2.18. The minimum Gasteiger partial charge on any atom is -0.478 e. The first-order chi connectivity index (χ1) is 6.07. The monoisotopic (exact) mass is 182 g/mol. The highest BCUT2D eigenvalue weighted by Gasteiger charge is 2.24. The fraction of sp³-hybridized carbons (Fsp3) is 0.500. The number of aliphatic carboxylic acids is 1. The summed E-state index contributed by atoms with van der Waals surface area (Å²) in [6.45, 7) is 1.99. The lowest BCUT2D eigenvalue weighted by Crippen LogP contribution is -2.27. The molecule has 0 radical (unpaired) electrons. The van der Waals surface area contributed by atoms with Gasteiger partial charge in [0.05, 0.1) is 11.2 Å². The van der Waals surface area contributed by atoms with E-state index >= 15 is 0 Å². The Bertz CT molecular complexity index is 265. The van der Waals surface area contributed by atoms with Gasteiger partial charge >= 0.3 is 5.97 Å². The van der Waals surface area contributed by atoms with Crippen molar-refractivity contribution in [1.82, 2.24) is 0 Å². The van der Waals surface area contributed by atoms with E-state index in [2.05, 4.69) is 0 Å². The summed E-state index contributed by atoms with van der Waals surface area (Å²) in [7, 11) is 0. The molecule has 0 amide bonds. The van der Waals surface area contributed by atoms with Gasteiger partial charge in [-0.15, -0.1) is 0 Å². The first-order valence-electron chi connectivity index (χ1n) is 4.42. The molecule has 0 saturated carbocycles. The first-order valence-corrected chi connectivity index (χ1v) is 4.42. The number of aliphatic hydroxyl groups is 1. The lowest BCUT2D eigenvalue weighted by Gasteiger charge is -2.25. The van der Waals surface area contributed by atoms with Crippen LogP contribution in [0.5, 0.6) is 0 Å². The van der Waals surface area contributed by atoms with E-state index in [1.54, 1.807) is 12.2 Å². The van der Waals surface area contributed by atoms with Crippen LogP contribution in [0, 0.1) is 0 Å². The van der Waals surface area contributed by atoms with E-state index in [-0.39, 0.29) is 5.57 Å². The van der Waals surface area contributed by atoms with Crippen LogP contribution < -0.4 is 0 Å². The van der Waals surface area contributed by atoms with E-state index in [1.165, 1.54) is 6.08 Å². The fourth-order valence-corrected chi connectivity index (χ4v) is 1.44. The Morgan fingerprint density at radius 3 is 2.77 bits per heavy atom. The minimum atomic E-state index is -0.935. The average Bonchev–Trinajstić information content (AvgIpc) is 2.05. The van der Waals surface area contributed by atoms with Crippen LogP contribution in [0.2, 0.25) is 0 Å². The van der Waals surface area contributed by atoms with Crippen LogP contribution in [0.25, 0.3) is 0 Å². The number of carboxylic acid groups (broad SMARTS) is 1. The molecule has 0 aromatic carbocycles. The zero-order valence-corrected chi connectivity index (χ0v) is 7.66. The molecule has 0 saturated heterocycles. The van der Waals surface area contributed by atoms with Gasteiger partial charge in [0.2, 0.25) is 0 Å². The highest BCUT2D eigenvalue weighted by Crippen LogP contribution is 2.25. The summed E-state index contributed by atoms with van der Waals surface area (Å²) in [6.07, 6.45) is 6.59. The molecule has 3 nitrogen and oxygen atoms in total. The molecule has 1 unspecified atom stereocenters. The summed E-state index contributed by atoms with van der Waals surface area (Å²) < 4.78 is 0. The Labute approximate surface area is 77.4 Å². The molecule has 1 aliphatic carbocycles. The fourth-order valence-electron chi connectivity index (χ4n) is 1.44. The molecule has 1 rings (SSSR count). The number of hydrogen-bond acceptors (Lipinski definition) is 2. The van der Waals surface area contributed by atoms with Crippen LogP contribution >= 0.6 is 0 Å². The summed E-state index contributed by atoms with van der Waals surface area (Å²) in [5.74, 6) is -0.935. The number of rotatable bonds is 3. The Balaban J connectivity index is 2.67. The van der Waals surface area contributed by atoms with Gasteiger partial charge in [-0.2, -0.15) is 0 Å². The van der Waals surface area contributed by atoms with Gasteiger partial charge in [-0.1, -0.05) is 25.5 Å². The Morgan fingerprint density at radius 1 is 1.69 bits per heavy atom. The maximum atomic E-state index is 10.5. The van der Waals surface area contributed by atoms with E-state index in [1.807, 2.05) is 6.92 Å². The van der Waals surface area contributed by atoms with Crippen molar-refractivity contribution in [3.05, 3.63) is 23.8 Å². The largest absolute Gasteiger partial charge is 0.478 e. The molecule has 0 aromatic heterocycles. The molecular weight excluding hydrogens is 168 g/mol. The van der Waals surface area contributed by atoms with E-state index in [0.717, 1.165) is 6.42 Å². The second-order valence-corrected chi connectivity index (χ2v) is 3.36. The molecule has 0 fully saturated rings. The van der Waals surface area contributed by atoms with Gasteiger partial charge in [0.1, 0.15) is 0 Å². The third kappa shape index (κ3) is 2.42. The predicted molar refractivity (Wildman–Crippen MR) is 49.3 cm³/mol. The summed E-state index contributed by atoms with van der Waals surface area (Å²) in [6, 6.07) is 0. The van der Waals surface area contributed by atoms with Crippen molar-refractivity contribution in [3.8, 4) is 0 Å². The highest BCUT2D eigenvalue weighted by molar-refractivity contribution is 5.90. The van der Waals surface area contributed by atoms with Crippen LogP contribution in [0.15, 0.2) is 23.8 Å². The van der Waals surface area contributed by atoms with Gasteiger partial charge in [0.25, 0.3) is 0 Å². The standard InChI is InChI=1S/C10H14O3/c1-2-5-10(13)6-3-8(4-7-10)9(11)12/h3-4,6,13H,2,5,7H2,1H3,(H,11,12). The van der Waals surface area contributed by atoms with E-state index < -0.39 is 11.6 Å². The molecule has 72 valence electrons. The molecule has 2 N–H and O–H groups in total. The molecule has 0 aliphatic heterocycles. The molecule has 0 spiro atoms. The molecule has 3 heteroatoms. The zero-order chi connectivity index (χ0) is 9.90. The molecule has 0 bridgehead atoms. The summed E-state index contributed by atoms with van der Waals surface area (Å²) in [4.78, 5) is 10.5. The minimum absolute atomic E-state index is 0.265. The quantitative estimate of drug-likeness (QED) is 0.695. The topological polar surface area (TPSA) is 57.5 Å². The number of hydrogen-bond donors (Lipinski definition) is 2. The summed E-state index contributed by atoms with van der Waals surface area (Å²) in [5, 5.41) is 18.5. The van der Waals surface area contributed by atoms with Crippen LogP contribution in [0.1, 0.15) is 26.2 Å². The second kappa shape index (κ2) is 3.75. The van der Waals surface area contributed by atoms with Crippen LogP contribution in [0.3, 0.4) is 0 Å². The van der Waals surface area contributed by atoms with Crippen molar-refractivity contribution in [2.24, 2.45) is 0 Å². The predicted octanol–water partition coefficient (Wildman–Crippen LogP) is 1.49. The zero-order valence-electron chi connectivity index (χ0n) is 7.66. The van der Waals surface area contributed by atoms with Gasteiger partial charge in [-0.05, 0) is 18.9 Å². The van der Waals surface area contributed by atoms with Crippen molar-refractivity contribution in [1.29, 1.82) is 0 Å². The van der Waals surface area contributed by atoms with Crippen LogP contribution in [0.4, 0.5) is 0 Å². The molecule has 1 atom stereocenters. The van der Waals surface area contributed by atoms with Crippen molar-refractivity contribution < 1.29 is 15.0 Å². The van der Waals surface area contributed by atoms with E-state index in [0.29, 0.717) is 12.8 Å². The molecule has 13 heavy (non-hydrogen) atoms. The van der Waals surface area contributed by atoms with E-state index in [4.69, 9.17) is 5.11 Å². The van der Waals surface area contributed by atoms with Gasteiger partial charge in [0, 0.05) is 0 Å². The van der Waals surface area contributed by atoms with Gasteiger partial charge in [-0.3, -0.25) is 0 Å². The first kappa shape index (κ1) is 9.99. The normalized spacial score (nSPS) is 27.1. The molecule has 1 aliphatic rings. The third-order valence-electron chi connectivity index (χ3n) is 2.18. The second-order valence-electron chi connectivity index (χ2n) is 3.36. The molecular formula is C10H14O3.